The molecule has 0 spiro atoms. The molecule has 4 nitrogen and oxygen atoms in total. The molecular formula is C20H18F2N2O2. The minimum Gasteiger partial charge on any atom is -0.435 e. The van der Waals surface area contributed by atoms with E-state index in [4.69, 9.17) is 0 Å². The van der Waals surface area contributed by atoms with Gasteiger partial charge in [-0.15, -0.1) is 0 Å². The molecule has 6 heteroatoms. The lowest BCUT2D eigenvalue weighted by molar-refractivity contribution is -0.115. The third-order valence-corrected chi connectivity index (χ3v) is 4.19. The van der Waals surface area contributed by atoms with Crippen LogP contribution >= 0.6 is 0 Å². The summed E-state index contributed by atoms with van der Waals surface area (Å²) in [6.45, 7) is 0.996. The van der Waals surface area contributed by atoms with Crippen LogP contribution in [0.5, 0.6) is 5.75 Å². The maximum absolute atomic E-state index is 12.4. The van der Waals surface area contributed by atoms with Crippen molar-refractivity contribution in [3.8, 4) is 5.75 Å². The van der Waals surface area contributed by atoms with Gasteiger partial charge in [-0.3, -0.25) is 9.78 Å². The Morgan fingerprint density at radius 1 is 1.12 bits per heavy atom. The van der Waals surface area contributed by atoms with Crippen molar-refractivity contribution in [1.29, 1.82) is 0 Å². The first-order valence-electron chi connectivity index (χ1n) is 8.13. The lowest BCUT2D eigenvalue weighted by Crippen LogP contribution is -2.16. The van der Waals surface area contributed by atoms with Gasteiger partial charge in [-0.25, -0.2) is 0 Å². The molecule has 0 atom stereocenters. The molecule has 1 heterocycles. The number of alkyl halides is 2. The van der Waals surface area contributed by atoms with Gasteiger partial charge in [0.1, 0.15) is 5.75 Å². The summed E-state index contributed by atoms with van der Waals surface area (Å²) >= 11 is 0. The monoisotopic (exact) mass is 356 g/mol. The molecule has 0 aliphatic heterocycles. The Labute approximate surface area is 149 Å². The van der Waals surface area contributed by atoms with Crippen molar-refractivity contribution in [2.75, 3.05) is 5.32 Å². The molecule has 134 valence electrons. The van der Waals surface area contributed by atoms with Crippen LogP contribution in [-0.4, -0.2) is 17.5 Å². The number of amides is 1. The summed E-state index contributed by atoms with van der Waals surface area (Å²) < 4.78 is 28.6. The number of hydrogen-bond acceptors (Lipinski definition) is 3. The van der Waals surface area contributed by atoms with Crippen LogP contribution in [0.2, 0.25) is 0 Å². The number of aromatic nitrogens is 1. The van der Waals surface area contributed by atoms with Crippen LogP contribution in [0.1, 0.15) is 16.8 Å². The maximum atomic E-state index is 12.4. The van der Waals surface area contributed by atoms with Crippen molar-refractivity contribution in [3.63, 3.8) is 0 Å². The lowest BCUT2D eigenvalue weighted by Gasteiger charge is -2.13. The van der Waals surface area contributed by atoms with Crippen LogP contribution in [0.3, 0.4) is 0 Å². The normalized spacial score (nSPS) is 11.0. The summed E-state index contributed by atoms with van der Waals surface area (Å²) in [5.74, 6) is -0.153. The molecule has 3 aromatic rings. The molecular weight excluding hydrogens is 338 g/mol. The van der Waals surface area contributed by atoms with E-state index in [0.29, 0.717) is 5.69 Å². The van der Waals surface area contributed by atoms with Crippen LogP contribution in [0, 0.1) is 13.8 Å². The number of pyridine rings is 1. The number of anilines is 1. The number of benzene rings is 2. The number of fused-ring (bicyclic) bond motifs is 1. The molecule has 0 aliphatic carbocycles. The Kier molecular flexibility index (Phi) is 5.11. The van der Waals surface area contributed by atoms with E-state index in [1.807, 2.05) is 38.1 Å². The smallest absolute Gasteiger partial charge is 0.387 e. The fraction of sp³-hybridized carbons (Fsp3) is 0.200. The van der Waals surface area contributed by atoms with Crippen molar-refractivity contribution in [2.45, 2.75) is 26.9 Å². The van der Waals surface area contributed by atoms with Crippen LogP contribution in [0.15, 0.2) is 48.5 Å². The fourth-order valence-corrected chi connectivity index (χ4v) is 2.92. The van der Waals surface area contributed by atoms with E-state index in [2.05, 4.69) is 15.0 Å². The number of carbonyl (C=O) groups excluding carboxylic acids is 1. The highest BCUT2D eigenvalue weighted by molar-refractivity contribution is 5.94. The molecule has 26 heavy (non-hydrogen) atoms. The number of rotatable bonds is 5. The van der Waals surface area contributed by atoms with Crippen molar-refractivity contribution in [1.82, 2.24) is 4.98 Å². The minimum absolute atomic E-state index is 0.0448. The maximum Gasteiger partial charge on any atom is 0.387 e. The molecule has 1 N–H and O–H groups in total. The van der Waals surface area contributed by atoms with Crippen molar-refractivity contribution >= 4 is 22.5 Å². The van der Waals surface area contributed by atoms with E-state index in [-0.39, 0.29) is 18.1 Å². The van der Waals surface area contributed by atoms with Crippen LogP contribution < -0.4 is 10.1 Å². The first-order valence-corrected chi connectivity index (χ1v) is 8.13. The first kappa shape index (κ1) is 17.8. The number of aryl methyl sites for hydroxylation is 2. The Balaban J connectivity index is 1.75. The van der Waals surface area contributed by atoms with Gasteiger partial charge in [-0.05, 0) is 55.3 Å². The fourth-order valence-electron chi connectivity index (χ4n) is 2.92. The second kappa shape index (κ2) is 7.47. The van der Waals surface area contributed by atoms with Gasteiger partial charge in [-0.2, -0.15) is 8.78 Å². The second-order valence-electron chi connectivity index (χ2n) is 5.95. The lowest BCUT2D eigenvalue weighted by atomic mass is 9.99. The number of nitrogens with one attached hydrogen (secondary N) is 1. The van der Waals surface area contributed by atoms with Gasteiger partial charge in [0, 0.05) is 16.8 Å². The number of halogens is 2. The highest BCUT2D eigenvalue weighted by Gasteiger charge is 2.13. The second-order valence-corrected chi connectivity index (χ2v) is 5.95. The Morgan fingerprint density at radius 3 is 2.50 bits per heavy atom. The number of hydrogen-bond donors (Lipinski definition) is 1. The quantitative estimate of drug-likeness (QED) is 0.725. The van der Waals surface area contributed by atoms with E-state index in [9.17, 15) is 13.6 Å². The topological polar surface area (TPSA) is 51.2 Å². The average Bonchev–Trinajstić information content (AvgIpc) is 2.60. The molecule has 0 saturated carbocycles. The minimum atomic E-state index is -2.87. The van der Waals surface area contributed by atoms with Crippen LogP contribution in [0.25, 0.3) is 10.9 Å². The zero-order valence-electron chi connectivity index (χ0n) is 14.4. The number of carbonyl (C=O) groups is 1. The molecule has 1 aromatic heterocycles. The molecule has 0 radical (unpaired) electrons. The SMILES string of the molecule is Cc1nc2ccccc2c(C)c1CC(=O)Nc1ccc(OC(F)F)cc1. The van der Waals surface area contributed by atoms with Gasteiger partial charge in [0.2, 0.25) is 5.91 Å². The van der Waals surface area contributed by atoms with Gasteiger partial charge in [0.05, 0.1) is 11.9 Å². The van der Waals surface area contributed by atoms with E-state index >= 15 is 0 Å². The van der Waals surface area contributed by atoms with E-state index < -0.39 is 6.61 Å². The summed E-state index contributed by atoms with van der Waals surface area (Å²) in [6.07, 6.45) is 0.185. The average molecular weight is 356 g/mol. The number of para-hydroxylation sites is 1. The van der Waals surface area contributed by atoms with E-state index in [1.54, 1.807) is 0 Å². The molecule has 0 fully saturated rings. The van der Waals surface area contributed by atoms with Crippen molar-refractivity contribution in [2.24, 2.45) is 0 Å². The largest absolute Gasteiger partial charge is 0.435 e. The van der Waals surface area contributed by atoms with Gasteiger partial charge in [0.25, 0.3) is 0 Å². The third kappa shape index (κ3) is 3.96. The van der Waals surface area contributed by atoms with Crippen LogP contribution in [-0.2, 0) is 11.2 Å². The highest BCUT2D eigenvalue weighted by Crippen LogP contribution is 2.23. The summed E-state index contributed by atoms with van der Waals surface area (Å²) in [7, 11) is 0. The highest BCUT2D eigenvalue weighted by atomic mass is 19.3. The Morgan fingerprint density at radius 2 is 1.81 bits per heavy atom. The number of nitrogens with zero attached hydrogens (tertiary/aromatic N) is 1. The van der Waals surface area contributed by atoms with Gasteiger partial charge >= 0.3 is 6.61 Å². The molecule has 0 unspecified atom stereocenters. The zero-order valence-corrected chi connectivity index (χ0v) is 14.4. The summed E-state index contributed by atoms with van der Waals surface area (Å²) in [6, 6.07) is 13.6. The van der Waals surface area contributed by atoms with Gasteiger partial charge in [-0.1, -0.05) is 18.2 Å². The van der Waals surface area contributed by atoms with Gasteiger partial charge < -0.3 is 10.1 Å². The number of ether oxygens (including phenoxy) is 1. The predicted octanol–water partition coefficient (Wildman–Crippen LogP) is 4.63. The predicted molar refractivity (Wildman–Crippen MR) is 96.6 cm³/mol. The molecule has 0 aliphatic rings. The Hall–Kier alpha value is -3.02. The summed E-state index contributed by atoms with van der Waals surface area (Å²) in [5, 5.41) is 3.79. The van der Waals surface area contributed by atoms with Gasteiger partial charge in [0.15, 0.2) is 0 Å². The van der Waals surface area contributed by atoms with E-state index in [0.717, 1.165) is 27.7 Å². The van der Waals surface area contributed by atoms with Crippen LogP contribution in [0.4, 0.5) is 14.5 Å². The Bertz CT molecular complexity index is 940. The third-order valence-electron chi connectivity index (χ3n) is 4.19. The molecule has 0 saturated heterocycles. The molecule has 2 aromatic carbocycles. The molecule has 3 rings (SSSR count). The first-order chi connectivity index (χ1) is 12.4. The van der Waals surface area contributed by atoms with Crippen molar-refractivity contribution in [3.05, 3.63) is 65.4 Å². The summed E-state index contributed by atoms with van der Waals surface area (Å²) in [4.78, 5) is 17.0. The molecule has 1 amide bonds. The van der Waals surface area contributed by atoms with Crippen molar-refractivity contribution < 1.29 is 18.3 Å². The zero-order chi connectivity index (χ0) is 18.7. The van der Waals surface area contributed by atoms with E-state index in [1.165, 1.54) is 24.3 Å². The summed E-state index contributed by atoms with van der Waals surface area (Å²) in [5.41, 5.74) is 4.15. The molecule has 0 bridgehead atoms. The standard InChI is InChI=1S/C20H18F2N2O2/c1-12-16-5-3-4-6-18(16)23-13(2)17(12)11-19(25)24-14-7-9-15(10-8-14)26-20(21)22/h3-10,20H,11H2,1-2H3,(H,24,25).